The minimum Gasteiger partial charge on any atom is -0.398 e. The molecule has 1 aliphatic heterocycles. The number of rotatable bonds is 2. The van der Waals surface area contributed by atoms with E-state index in [-0.39, 0.29) is 0 Å². The molecule has 2 N–H and O–H groups in total. The molecule has 0 radical (unpaired) electrons. The molecule has 0 saturated heterocycles. The number of nitrogens with two attached hydrogens (primary N) is 1. The van der Waals surface area contributed by atoms with E-state index in [2.05, 4.69) is 15.9 Å². The summed E-state index contributed by atoms with van der Waals surface area (Å²) in [7, 11) is -3.46. The van der Waals surface area contributed by atoms with Crippen LogP contribution in [0.15, 0.2) is 51.8 Å². The zero-order valence-corrected chi connectivity index (χ0v) is 13.7. The Balaban J connectivity index is 1.93. The van der Waals surface area contributed by atoms with Crippen LogP contribution in [-0.4, -0.2) is 19.3 Å². The van der Waals surface area contributed by atoms with Gasteiger partial charge in [0.15, 0.2) is 0 Å². The van der Waals surface area contributed by atoms with Crippen molar-refractivity contribution in [2.45, 2.75) is 17.9 Å². The molecule has 0 aromatic heterocycles. The van der Waals surface area contributed by atoms with E-state index in [1.54, 1.807) is 24.3 Å². The first-order chi connectivity index (χ1) is 9.98. The largest absolute Gasteiger partial charge is 0.398 e. The highest BCUT2D eigenvalue weighted by Crippen LogP contribution is 2.28. The van der Waals surface area contributed by atoms with Crippen LogP contribution < -0.4 is 5.73 Å². The first kappa shape index (κ1) is 14.6. The minimum atomic E-state index is -3.46. The highest BCUT2D eigenvalue weighted by molar-refractivity contribution is 9.10. The van der Waals surface area contributed by atoms with E-state index in [4.69, 9.17) is 5.73 Å². The maximum Gasteiger partial charge on any atom is 0.243 e. The highest BCUT2D eigenvalue weighted by Gasteiger charge is 2.28. The fraction of sp³-hybridized carbons (Fsp3) is 0.200. The average Bonchev–Trinajstić information content (AvgIpc) is 2.47. The molecule has 0 saturated carbocycles. The van der Waals surface area contributed by atoms with Gasteiger partial charge in [0.1, 0.15) is 0 Å². The smallest absolute Gasteiger partial charge is 0.243 e. The molecule has 110 valence electrons. The molecule has 0 spiro atoms. The van der Waals surface area contributed by atoms with Crippen molar-refractivity contribution in [3.8, 4) is 0 Å². The van der Waals surface area contributed by atoms with E-state index >= 15 is 0 Å². The van der Waals surface area contributed by atoms with Gasteiger partial charge < -0.3 is 5.73 Å². The van der Waals surface area contributed by atoms with E-state index in [0.29, 0.717) is 24.4 Å². The van der Waals surface area contributed by atoms with Crippen LogP contribution in [0, 0.1) is 0 Å². The second-order valence-corrected chi connectivity index (χ2v) is 7.88. The number of fused-ring (bicyclic) bond motifs is 1. The fourth-order valence-corrected chi connectivity index (χ4v) is 4.26. The third-order valence-corrected chi connectivity index (χ3v) is 6.11. The summed E-state index contributed by atoms with van der Waals surface area (Å²) in [5, 5.41) is 0. The molecule has 2 aromatic carbocycles. The summed E-state index contributed by atoms with van der Waals surface area (Å²) >= 11 is 3.32. The zero-order valence-electron chi connectivity index (χ0n) is 11.3. The molecular weight excluding hydrogens is 352 g/mol. The second-order valence-electron chi connectivity index (χ2n) is 5.03. The van der Waals surface area contributed by atoms with Gasteiger partial charge in [-0.1, -0.05) is 28.1 Å². The van der Waals surface area contributed by atoms with Gasteiger partial charge in [0.05, 0.1) is 4.90 Å². The summed E-state index contributed by atoms with van der Waals surface area (Å²) in [6.45, 7) is 0.832. The molecule has 0 fully saturated rings. The summed E-state index contributed by atoms with van der Waals surface area (Å²) in [5.74, 6) is 0. The third kappa shape index (κ3) is 2.71. The van der Waals surface area contributed by atoms with E-state index in [0.717, 1.165) is 21.3 Å². The molecule has 2 aromatic rings. The highest BCUT2D eigenvalue weighted by atomic mass is 79.9. The first-order valence-electron chi connectivity index (χ1n) is 6.60. The third-order valence-electron chi connectivity index (χ3n) is 3.72. The van der Waals surface area contributed by atoms with Crippen molar-refractivity contribution in [2.24, 2.45) is 0 Å². The van der Waals surface area contributed by atoms with Gasteiger partial charge in [-0.05, 0) is 47.9 Å². The molecule has 0 bridgehead atoms. The van der Waals surface area contributed by atoms with Crippen molar-refractivity contribution in [1.29, 1.82) is 0 Å². The summed E-state index contributed by atoms with van der Waals surface area (Å²) < 4.78 is 27.7. The van der Waals surface area contributed by atoms with Gasteiger partial charge in [0, 0.05) is 23.2 Å². The molecule has 0 aliphatic carbocycles. The summed E-state index contributed by atoms with van der Waals surface area (Å²) in [6, 6.07) is 12.4. The standard InChI is InChI=1S/C15H15BrN2O2S/c16-12-4-6-13(7-5-12)21(19,20)18-9-8-14-11(10-18)2-1-3-15(14)17/h1-7H,8-10,17H2. The van der Waals surface area contributed by atoms with Gasteiger partial charge in [-0.15, -0.1) is 0 Å². The Bertz CT molecular complexity index is 773. The van der Waals surface area contributed by atoms with Crippen LogP contribution in [0.5, 0.6) is 0 Å². The van der Waals surface area contributed by atoms with E-state index in [1.165, 1.54) is 4.31 Å². The number of nitrogen functional groups attached to an aromatic ring is 1. The predicted molar refractivity (Wildman–Crippen MR) is 86.3 cm³/mol. The number of sulfonamides is 1. The summed E-state index contributed by atoms with van der Waals surface area (Å²) in [4.78, 5) is 0.318. The monoisotopic (exact) mass is 366 g/mol. The molecule has 21 heavy (non-hydrogen) atoms. The number of benzene rings is 2. The maximum atomic E-state index is 12.7. The lowest BCUT2D eigenvalue weighted by atomic mass is 9.99. The average molecular weight is 367 g/mol. The molecule has 0 atom stereocenters. The van der Waals surface area contributed by atoms with Gasteiger partial charge in [-0.3, -0.25) is 0 Å². The quantitative estimate of drug-likeness (QED) is 0.831. The lowest BCUT2D eigenvalue weighted by molar-refractivity contribution is 0.392. The SMILES string of the molecule is Nc1cccc2c1CCN(S(=O)(=O)c1ccc(Br)cc1)C2. The molecule has 1 aliphatic rings. The van der Waals surface area contributed by atoms with Crippen molar-refractivity contribution in [2.75, 3.05) is 12.3 Å². The molecule has 6 heteroatoms. The van der Waals surface area contributed by atoms with Crippen molar-refractivity contribution in [1.82, 2.24) is 4.31 Å². The van der Waals surface area contributed by atoms with Crippen molar-refractivity contribution >= 4 is 31.6 Å². The van der Waals surface area contributed by atoms with Crippen molar-refractivity contribution in [3.05, 3.63) is 58.1 Å². The lowest BCUT2D eigenvalue weighted by Crippen LogP contribution is -2.36. The van der Waals surface area contributed by atoms with E-state index < -0.39 is 10.0 Å². The number of halogens is 1. The van der Waals surface area contributed by atoms with Crippen LogP contribution in [0.25, 0.3) is 0 Å². The number of hydrogen-bond donors (Lipinski definition) is 1. The van der Waals surface area contributed by atoms with Crippen LogP contribution in [-0.2, 0) is 23.0 Å². The van der Waals surface area contributed by atoms with Gasteiger partial charge in [-0.2, -0.15) is 4.31 Å². The number of hydrogen-bond acceptors (Lipinski definition) is 3. The molecule has 1 heterocycles. The van der Waals surface area contributed by atoms with Crippen LogP contribution in [0.3, 0.4) is 0 Å². The van der Waals surface area contributed by atoms with Gasteiger partial charge in [0.25, 0.3) is 0 Å². The number of anilines is 1. The normalized spacial score (nSPS) is 15.7. The number of nitrogens with zero attached hydrogens (tertiary/aromatic N) is 1. The zero-order chi connectivity index (χ0) is 15.0. The maximum absolute atomic E-state index is 12.7. The van der Waals surface area contributed by atoms with E-state index in [1.807, 2.05) is 18.2 Å². The predicted octanol–water partition coefficient (Wildman–Crippen LogP) is 2.78. The Kier molecular flexibility index (Phi) is 3.77. The van der Waals surface area contributed by atoms with Gasteiger partial charge in [0.2, 0.25) is 10.0 Å². The Morgan fingerprint density at radius 1 is 1.10 bits per heavy atom. The van der Waals surface area contributed by atoms with Crippen LogP contribution in [0.4, 0.5) is 5.69 Å². The second kappa shape index (κ2) is 5.44. The Labute approximate surface area is 132 Å². The van der Waals surface area contributed by atoms with Crippen LogP contribution in [0.1, 0.15) is 11.1 Å². The first-order valence-corrected chi connectivity index (χ1v) is 8.84. The van der Waals surface area contributed by atoms with Crippen molar-refractivity contribution < 1.29 is 8.42 Å². The molecule has 4 nitrogen and oxygen atoms in total. The Morgan fingerprint density at radius 2 is 1.81 bits per heavy atom. The van der Waals surface area contributed by atoms with E-state index in [9.17, 15) is 8.42 Å². The fourth-order valence-electron chi connectivity index (χ4n) is 2.57. The summed E-state index contributed by atoms with van der Waals surface area (Å²) in [6.07, 6.45) is 0.651. The lowest BCUT2D eigenvalue weighted by Gasteiger charge is -2.28. The van der Waals surface area contributed by atoms with Gasteiger partial charge in [-0.25, -0.2) is 8.42 Å². The van der Waals surface area contributed by atoms with Crippen LogP contribution >= 0.6 is 15.9 Å². The minimum absolute atomic E-state index is 0.318. The van der Waals surface area contributed by atoms with Crippen LogP contribution in [0.2, 0.25) is 0 Å². The molecule has 0 unspecified atom stereocenters. The molecule has 3 rings (SSSR count). The van der Waals surface area contributed by atoms with Crippen molar-refractivity contribution in [3.63, 3.8) is 0 Å². The Hall–Kier alpha value is -1.37. The molecular formula is C15H15BrN2O2S. The Morgan fingerprint density at radius 3 is 2.52 bits per heavy atom. The van der Waals surface area contributed by atoms with Gasteiger partial charge >= 0.3 is 0 Å². The topological polar surface area (TPSA) is 63.4 Å². The molecule has 0 amide bonds. The summed E-state index contributed by atoms with van der Waals surface area (Å²) in [5.41, 5.74) is 8.75.